The Morgan fingerprint density at radius 1 is 1.38 bits per heavy atom. The van der Waals surface area contributed by atoms with Crippen LogP contribution in [-0.2, 0) is 13.5 Å². The fourth-order valence-corrected chi connectivity index (χ4v) is 1.65. The quantitative estimate of drug-likeness (QED) is 0.824. The predicted octanol–water partition coefficient (Wildman–Crippen LogP) is 0.843. The highest BCUT2D eigenvalue weighted by Crippen LogP contribution is 2.14. The molecule has 0 aliphatic rings. The lowest BCUT2D eigenvalue weighted by Gasteiger charge is -2.10. The highest BCUT2D eigenvalue weighted by molar-refractivity contribution is 5.11. The molecule has 0 spiro atoms. The van der Waals surface area contributed by atoms with Crippen molar-refractivity contribution < 1.29 is 0 Å². The zero-order chi connectivity index (χ0) is 11.4. The first-order valence-corrected chi connectivity index (χ1v) is 5.26. The van der Waals surface area contributed by atoms with Crippen LogP contribution in [0.4, 0.5) is 0 Å². The van der Waals surface area contributed by atoms with E-state index in [2.05, 4.69) is 15.3 Å². The van der Waals surface area contributed by atoms with E-state index in [0.717, 1.165) is 18.5 Å². The van der Waals surface area contributed by atoms with Gasteiger partial charge in [0.25, 0.3) is 0 Å². The molecule has 2 heterocycles. The van der Waals surface area contributed by atoms with Crippen LogP contribution in [0.15, 0.2) is 30.7 Å². The molecular weight excluding hydrogens is 202 g/mol. The van der Waals surface area contributed by atoms with Gasteiger partial charge in [-0.2, -0.15) is 0 Å². The van der Waals surface area contributed by atoms with Crippen LogP contribution in [-0.4, -0.2) is 20.0 Å². The molecule has 16 heavy (non-hydrogen) atoms. The van der Waals surface area contributed by atoms with Crippen molar-refractivity contribution in [2.24, 2.45) is 12.8 Å². The molecule has 5 heteroatoms. The van der Waals surface area contributed by atoms with Crippen molar-refractivity contribution >= 4 is 0 Å². The molecule has 0 aromatic carbocycles. The maximum absolute atomic E-state index is 6.07. The minimum absolute atomic E-state index is 0.0202. The first-order chi connectivity index (χ1) is 7.77. The molecular formula is C11H15N5. The summed E-state index contributed by atoms with van der Waals surface area (Å²) in [4.78, 5) is 3.98. The number of pyridine rings is 1. The van der Waals surface area contributed by atoms with Crippen molar-refractivity contribution in [1.29, 1.82) is 0 Å². The molecule has 2 N–H and O–H groups in total. The third-order valence-electron chi connectivity index (χ3n) is 2.62. The van der Waals surface area contributed by atoms with E-state index < -0.39 is 0 Å². The molecule has 1 atom stereocenters. The van der Waals surface area contributed by atoms with Gasteiger partial charge in [0.05, 0.1) is 11.9 Å². The van der Waals surface area contributed by atoms with Crippen LogP contribution < -0.4 is 5.73 Å². The molecule has 0 aliphatic heterocycles. The van der Waals surface area contributed by atoms with Gasteiger partial charge >= 0.3 is 0 Å². The van der Waals surface area contributed by atoms with Gasteiger partial charge in [0.1, 0.15) is 0 Å². The smallest absolute Gasteiger partial charge is 0.0751 e. The fourth-order valence-electron chi connectivity index (χ4n) is 1.65. The monoisotopic (exact) mass is 217 g/mol. The second-order valence-electron chi connectivity index (χ2n) is 3.78. The van der Waals surface area contributed by atoms with Gasteiger partial charge in [0.2, 0.25) is 0 Å². The summed E-state index contributed by atoms with van der Waals surface area (Å²) >= 11 is 0. The molecule has 5 nitrogen and oxygen atoms in total. The highest BCUT2D eigenvalue weighted by Gasteiger charge is 2.10. The Bertz CT molecular complexity index is 437. The molecule has 0 saturated heterocycles. The van der Waals surface area contributed by atoms with Crippen LogP contribution >= 0.6 is 0 Å². The summed E-state index contributed by atoms with van der Waals surface area (Å²) in [7, 11) is 1.86. The summed E-state index contributed by atoms with van der Waals surface area (Å²) in [6.07, 6.45) is 7.14. The van der Waals surface area contributed by atoms with Crippen molar-refractivity contribution in [2.75, 3.05) is 0 Å². The number of hydrogen-bond acceptors (Lipinski definition) is 4. The SMILES string of the molecule is Cn1nncc1C(N)CCc1ccncc1. The van der Waals surface area contributed by atoms with Crippen molar-refractivity contribution in [1.82, 2.24) is 20.0 Å². The van der Waals surface area contributed by atoms with E-state index in [1.54, 1.807) is 23.3 Å². The molecule has 0 saturated carbocycles. The van der Waals surface area contributed by atoms with Gasteiger partial charge in [-0.3, -0.25) is 9.67 Å². The minimum Gasteiger partial charge on any atom is -0.323 e. The maximum atomic E-state index is 6.07. The van der Waals surface area contributed by atoms with E-state index in [1.165, 1.54) is 5.56 Å². The first kappa shape index (κ1) is 10.8. The highest BCUT2D eigenvalue weighted by atomic mass is 15.4. The van der Waals surface area contributed by atoms with Crippen molar-refractivity contribution in [3.63, 3.8) is 0 Å². The minimum atomic E-state index is -0.0202. The van der Waals surface area contributed by atoms with Gasteiger partial charge in [-0.05, 0) is 30.5 Å². The van der Waals surface area contributed by atoms with Crippen molar-refractivity contribution in [3.05, 3.63) is 42.0 Å². The Kier molecular flexibility index (Phi) is 3.26. The van der Waals surface area contributed by atoms with Crippen molar-refractivity contribution in [2.45, 2.75) is 18.9 Å². The van der Waals surface area contributed by atoms with E-state index in [4.69, 9.17) is 5.73 Å². The number of aryl methyl sites for hydroxylation is 2. The lowest BCUT2D eigenvalue weighted by Crippen LogP contribution is -2.15. The van der Waals surface area contributed by atoms with Crippen LogP contribution in [0, 0.1) is 0 Å². The van der Waals surface area contributed by atoms with Gasteiger partial charge in [-0.1, -0.05) is 5.21 Å². The normalized spacial score (nSPS) is 12.6. The molecule has 2 rings (SSSR count). The molecule has 0 radical (unpaired) electrons. The Labute approximate surface area is 94.3 Å². The average Bonchev–Trinajstić information content (AvgIpc) is 2.74. The van der Waals surface area contributed by atoms with Gasteiger partial charge in [-0.25, -0.2) is 0 Å². The largest absolute Gasteiger partial charge is 0.323 e. The number of hydrogen-bond donors (Lipinski definition) is 1. The lowest BCUT2D eigenvalue weighted by molar-refractivity contribution is 0.576. The molecule has 0 amide bonds. The van der Waals surface area contributed by atoms with Crippen LogP contribution in [0.3, 0.4) is 0 Å². The first-order valence-electron chi connectivity index (χ1n) is 5.26. The molecule has 0 bridgehead atoms. The Hall–Kier alpha value is -1.75. The average molecular weight is 217 g/mol. The zero-order valence-electron chi connectivity index (χ0n) is 9.24. The standard InChI is InChI=1S/C11H15N5/c1-16-11(8-14-15-16)10(12)3-2-9-4-6-13-7-5-9/h4-8,10H,2-3,12H2,1H3. The topological polar surface area (TPSA) is 69.6 Å². The molecule has 0 aliphatic carbocycles. The van der Waals surface area contributed by atoms with Crippen LogP contribution in [0.2, 0.25) is 0 Å². The Morgan fingerprint density at radius 3 is 2.75 bits per heavy atom. The zero-order valence-corrected chi connectivity index (χ0v) is 9.24. The third-order valence-corrected chi connectivity index (χ3v) is 2.62. The summed E-state index contributed by atoms with van der Waals surface area (Å²) in [5.41, 5.74) is 8.29. The molecule has 0 fully saturated rings. The maximum Gasteiger partial charge on any atom is 0.0751 e. The summed E-state index contributed by atoms with van der Waals surface area (Å²) in [6.45, 7) is 0. The molecule has 1 unspecified atom stereocenters. The fraction of sp³-hybridized carbons (Fsp3) is 0.364. The van der Waals surface area contributed by atoms with Crippen LogP contribution in [0.25, 0.3) is 0 Å². The number of nitrogens with zero attached hydrogens (tertiary/aromatic N) is 4. The van der Waals surface area contributed by atoms with Gasteiger partial charge < -0.3 is 5.73 Å². The van der Waals surface area contributed by atoms with Crippen LogP contribution in [0.5, 0.6) is 0 Å². The predicted molar refractivity (Wildman–Crippen MR) is 60.5 cm³/mol. The summed E-state index contributed by atoms with van der Waals surface area (Å²) < 4.78 is 1.72. The Morgan fingerprint density at radius 2 is 2.12 bits per heavy atom. The van der Waals surface area contributed by atoms with Gasteiger partial charge in [0, 0.05) is 25.5 Å². The second kappa shape index (κ2) is 4.85. The lowest BCUT2D eigenvalue weighted by atomic mass is 10.1. The number of aromatic nitrogens is 4. The second-order valence-corrected chi connectivity index (χ2v) is 3.78. The Balaban J connectivity index is 1.94. The molecule has 84 valence electrons. The van der Waals surface area contributed by atoms with E-state index in [0.29, 0.717) is 0 Å². The van der Waals surface area contributed by atoms with E-state index in [9.17, 15) is 0 Å². The molecule has 2 aromatic heterocycles. The summed E-state index contributed by atoms with van der Waals surface area (Å²) in [5.74, 6) is 0. The number of rotatable bonds is 4. The van der Waals surface area contributed by atoms with Crippen molar-refractivity contribution in [3.8, 4) is 0 Å². The van der Waals surface area contributed by atoms with Gasteiger partial charge in [0.15, 0.2) is 0 Å². The summed E-state index contributed by atoms with van der Waals surface area (Å²) in [5, 5.41) is 7.69. The van der Waals surface area contributed by atoms with E-state index in [1.807, 2.05) is 19.2 Å². The van der Waals surface area contributed by atoms with E-state index >= 15 is 0 Å². The van der Waals surface area contributed by atoms with Crippen LogP contribution in [0.1, 0.15) is 23.7 Å². The van der Waals surface area contributed by atoms with E-state index in [-0.39, 0.29) is 6.04 Å². The van der Waals surface area contributed by atoms with Gasteiger partial charge in [-0.15, -0.1) is 5.10 Å². The molecule has 2 aromatic rings. The number of nitrogens with two attached hydrogens (primary N) is 1. The third kappa shape index (κ3) is 2.43. The summed E-state index contributed by atoms with van der Waals surface area (Å²) in [6, 6.07) is 4.00.